The van der Waals surface area contributed by atoms with E-state index in [0.717, 1.165) is 22.8 Å². The Hall–Kier alpha value is -2.03. The van der Waals surface area contributed by atoms with E-state index in [9.17, 15) is 13.2 Å². The molecule has 0 radical (unpaired) electrons. The van der Waals surface area contributed by atoms with Crippen molar-refractivity contribution >= 4 is 33.4 Å². The normalized spacial score (nSPS) is 14.4. The lowest BCUT2D eigenvalue weighted by molar-refractivity contribution is 0.0986. The lowest BCUT2D eigenvalue weighted by Gasteiger charge is -2.24. The zero-order chi connectivity index (χ0) is 21.0. The van der Waals surface area contributed by atoms with E-state index in [1.54, 1.807) is 42.6 Å². The molecule has 6 nitrogen and oxygen atoms in total. The minimum Gasteiger partial charge on any atom is -0.495 e. The number of carbonyl (C=O) groups is 1. The maximum Gasteiger partial charge on any atom is 0.258 e. The van der Waals surface area contributed by atoms with Crippen LogP contribution in [0.15, 0.2) is 52.3 Å². The minimum atomic E-state index is -3.76. The first kappa shape index (κ1) is 21.7. The summed E-state index contributed by atoms with van der Waals surface area (Å²) in [4.78, 5) is 16.2. The smallest absolute Gasteiger partial charge is 0.258 e. The highest BCUT2D eigenvalue weighted by Gasteiger charge is 2.29. The monoisotopic (exact) mass is 434 g/mol. The van der Waals surface area contributed by atoms with E-state index in [2.05, 4.69) is 0 Å². The van der Waals surface area contributed by atoms with Gasteiger partial charge in [0.1, 0.15) is 10.6 Å². The maximum atomic E-state index is 13.4. The number of hydrogen-bond donors (Lipinski definition) is 0. The van der Waals surface area contributed by atoms with Crippen molar-refractivity contribution in [3.05, 3.63) is 48.0 Å². The van der Waals surface area contributed by atoms with Gasteiger partial charge in [0.05, 0.1) is 12.8 Å². The Bertz CT molecular complexity index is 988. The number of thioether (sulfide) groups is 1. The Kier molecular flexibility index (Phi) is 6.87. The molecule has 0 bridgehead atoms. The zero-order valence-corrected chi connectivity index (χ0v) is 18.6. The van der Waals surface area contributed by atoms with Gasteiger partial charge in [0.15, 0.2) is 0 Å². The van der Waals surface area contributed by atoms with E-state index < -0.39 is 10.0 Å². The Morgan fingerprint density at radius 3 is 2.59 bits per heavy atom. The van der Waals surface area contributed by atoms with Crippen LogP contribution in [-0.2, 0) is 10.0 Å². The Morgan fingerprint density at radius 1 is 1.17 bits per heavy atom. The fourth-order valence-electron chi connectivity index (χ4n) is 3.41. The fourth-order valence-corrected chi connectivity index (χ4v) is 6.04. The standard InChI is InChI=1S/C21H26N2O4S2/c1-4-22(5-2)29(25,26)20-15-16(11-12-18(20)27-3)21(24)23-13-8-14-28-19-10-7-6-9-17(19)23/h6-7,9-12,15H,4-5,8,13-14H2,1-3H3. The highest BCUT2D eigenvalue weighted by molar-refractivity contribution is 7.99. The summed E-state index contributed by atoms with van der Waals surface area (Å²) in [5, 5.41) is 0. The molecule has 0 unspecified atom stereocenters. The van der Waals surface area contributed by atoms with Crippen LogP contribution in [0.1, 0.15) is 30.6 Å². The topological polar surface area (TPSA) is 66.9 Å². The molecule has 0 saturated heterocycles. The zero-order valence-electron chi connectivity index (χ0n) is 16.9. The Balaban J connectivity index is 2.05. The van der Waals surface area contributed by atoms with Crippen molar-refractivity contribution in [2.24, 2.45) is 0 Å². The summed E-state index contributed by atoms with van der Waals surface area (Å²) < 4.78 is 32.8. The molecular weight excluding hydrogens is 408 g/mol. The second-order valence-electron chi connectivity index (χ2n) is 6.58. The number of nitrogens with zero attached hydrogens (tertiary/aromatic N) is 2. The third-order valence-corrected chi connectivity index (χ3v) is 8.14. The second-order valence-corrected chi connectivity index (χ2v) is 9.62. The molecule has 3 rings (SSSR count). The molecule has 0 atom stereocenters. The average Bonchev–Trinajstić information content (AvgIpc) is 2.96. The molecule has 2 aromatic rings. The van der Waals surface area contributed by atoms with Crippen molar-refractivity contribution in [2.45, 2.75) is 30.1 Å². The molecule has 0 fully saturated rings. The van der Waals surface area contributed by atoms with Gasteiger partial charge in [-0.25, -0.2) is 8.42 Å². The number of rotatable bonds is 6. The van der Waals surface area contributed by atoms with E-state index >= 15 is 0 Å². The van der Waals surface area contributed by atoms with Crippen LogP contribution < -0.4 is 9.64 Å². The van der Waals surface area contributed by atoms with Gasteiger partial charge in [0.25, 0.3) is 5.91 Å². The van der Waals surface area contributed by atoms with Crippen LogP contribution in [0.4, 0.5) is 5.69 Å². The number of fused-ring (bicyclic) bond motifs is 1. The molecular formula is C21H26N2O4S2. The summed E-state index contributed by atoms with van der Waals surface area (Å²) >= 11 is 1.73. The van der Waals surface area contributed by atoms with Gasteiger partial charge in [0.2, 0.25) is 10.0 Å². The molecule has 0 spiro atoms. The predicted molar refractivity (Wildman–Crippen MR) is 117 cm³/mol. The third kappa shape index (κ3) is 4.29. The summed E-state index contributed by atoms with van der Waals surface area (Å²) in [5.41, 5.74) is 1.20. The van der Waals surface area contributed by atoms with Crippen LogP contribution in [0.25, 0.3) is 0 Å². The van der Waals surface area contributed by atoms with Gasteiger partial charge in [-0.15, -0.1) is 11.8 Å². The largest absolute Gasteiger partial charge is 0.495 e. The lowest BCUT2D eigenvalue weighted by atomic mass is 10.1. The van der Waals surface area contributed by atoms with Gasteiger partial charge in [-0.2, -0.15) is 4.31 Å². The second kappa shape index (κ2) is 9.19. The molecule has 0 saturated carbocycles. The third-order valence-electron chi connectivity index (χ3n) is 4.92. The lowest BCUT2D eigenvalue weighted by Crippen LogP contribution is -2.33. The number of hydrogen-bond acceptors (Lipinski definition) is 5. The first-order valence-electron chi connectivity index (χ1n) is 9.65. The first-order valence-corrected chi connectivity index (χ1v) is 12.1. The van der Waals surface area contributed by atoms with Crippen molar-refractivity contribution in [1.82, 2.24) is 4.31 Å². The number of methoxy groups -OCH3 is 1. The highest BCUT2D eigenvalue weighted by Crippen LogP contribution is 2.35. The quantitative estimate of drug-likeness (QED) is 0.691. The van der Waals surface area contributed by atoms with Crippen LogP contribution in [0.2, 0.25) is 0 Å². The summed E-state index contributed by atoms with van der Waals surface area (Å²) in [6, 6.07) is 12.4. The molecule has 0 aliphatic carbocycles. The number of anilines is 1. The van der Waals surface area contributed by atoms with E-state index in [-0.39, 0.29) is 16.6 Å². The molecule has 0 N–H and O–H groups in total. The van der Waals surface area contributed by atoms with E-state index in [1.807, 2.05) is 24.3 Å². The van der Waals surface area contributed by atoms with Crippen LogP contribution in [0.3, 0.4) is 0 Å². The molecule has 1 amide bonds. The summed E-state index contributed by atoms with van der Waals surface area (Å²) in [6.07, 6.45) is 0.867. The number of para-hydroxylation sites is 1. The van der Waals surface area contributed by atoms with Crippen LogP contribution in [0.5, 0.6) is 5.75 Å². The summed E-state index contributed by atoms with van der Waals surface area (Å²) in [5.74, 6) is 0.962. The Morgan fingerprint density at radius 2 is 1.90 bits per heavy atom. The molecule has 29 heavy (non-hydrogen) atoms. The maximum absolute atomic E-state index is 13.4. The number of carbonyl (C=O) groups excluding carboxylic acids is 1. The summed E-state index contributed by atoms with van der Waals surface area (Å²) in [6.45, 7) is 4.85. The number of amides is 1. The van der Waals surface area contributed by atoms with Gasteiger partial charge in [-0.05, 0) is 42.5 Å². The van der Waals surface area contributed by atoms with E-state index in [1.165, 1.54) is 17.5 Å². The molecule has 2 aromatic carbocycles. The van der Waals surface area contributed by atoms with Crippen molar-refractivity contribution in [2.75, 3.05) is 37.4 Å². The molecule has 1 heterocycles. The highest BCUT2D eigenvalue weighted by atomic mass is 32.2. The van der Waals surface area contributed by atoms with Crippen molar-refractivity contribution in [3.8, 4) is 5.75 Å². The van der Waals surface area contributed by atoms with Gasteiger partial charge < -0.3 is 9.64 Å². The van der Waals surface area contributed by atoms with E-state index in [4.69, 9.17) is 4.74 Å². The van der Waals surface area contributed by atoms with E-state index in [0.29, 0.717) is 25.2 Å². The Labute approximate surface area is 176 Å². The molecule has 0 aromatic heterocycles. The van der Waals surface area contributed by atoms with Gasteiger partial charge in [-0.1, -0.05) is 26.0 Å². The van der Waals surface area contributed by atoms with Gasteiger partial charge in [0, 0.05) is 30.1 Å². The van der Waals surface area contributed by atoms with Crippen LogP contribution in [0, 0.1) is 0 Å². The number of ether oxygens (including phenoxy) is 1. The van der Waals surface area contributed by atoms with Crippen LogP contribution in [-0.4, -0.2) is 51.1 Å². The number of sulfonamides is 1. The average molecular weight is 435 g/mol. The van der Waals surface area contributed by atoms with Gasteiger partial charge in [-0.3, -0.25) is 4.79 Å². The number of benzene rings is 2. The predicted octanol–water partition coefficient (Wildman–Crippen LogP) is 3.87. The SMILES string of the molecule is CCN(CC)S(=O)(=O)c1cc(C(=O)N2CCCSc3ccccc32)ccc1OC. The molecule has 8 heteroatoms. The first-order chi connectivity index (χ1) is 13.9. The molecule has 1 aliphatic heterocycles. The summed E-state index contributed by atoms with van der Waals surface area (Å²) in [7, 11) is -2.33. The molecule has 1 aliphatic rings. The van der Waals surface area contributed by atoms with Crippen LogP contribution >= 0.6 is 11.8 Å². The van der Waals surface area contributed by atoms with Gasteiger partial charge >= 0.3 is 0 Å². The van der Waals surface area contributed by atoms with Crippen molar-refractivity contribution in [3.63, 3.8) is 0 Å². The van der Waals surface area contributed by atoms with Crippen molar-refractivity contribution < 1.29 is 17.9 Å². The molecule has 156 valence electrons. The fraction of sp³-hybridized carbons (Fsp3) is 0.381. The minimum absolute atomic E-state index is 0.0204. The van der Waals surface area contributed by atoms with Crippen molar-refractivity contribution in [1.29, 1.82) is 0 Å².